The molecule has 0 radical (unpaired) electrons. The van der Waals surface area contributed by atoms with E-state index in [-0.39, 0.29) is 0 Å². The number of hydrogen-bond donors (Lipinski definition) is 1. The summed E-state index contributed by atoms with van der Waals surface area (Å²) in [5, 5.41) is 4.22. The molecule has 0 aliphatic carbocycles. The minimum absolute atomic E-state index is 0.307. The van der Waals surface area contributed by atoms with E-state index in [1.165, 1.54) is 0 Å². The van der Waals surface area contributed by atoms with Gasteiger partial charge in [-0.3, -0.25) is 4.68 Å². The van der Waals surface area contributed by atoms with Gasteiger partial charge in [0.2, 0.25) is 5.88 Å². The number of ether oxygens (including phenoxy) is 1. The normalized spacial score (nSPS) is 10.9. The average molecular weight is 246 g/mol. The Kier molecular flexibility index (Phi) is 3.62. The molecule has 2 rings (SSSR count). The first-order valence-electron chi connectivity index (χ1n) is 5.98. The van der Waals surface area contributed by atoms with Crippen LogP contribution in [0.3, 0.4) is 0 Å². The molecule has 0 amide bonds. The zero-order valence-corrected chi connectivity index (χ0v) is 10.9. The molecule has 0 saturated heterocycles. The Morgan fingerprint density at radius 1 is 1.44 bits per heavy atom. The standard InChI is InChI=1S/C13H18N4O/c1-9(2)17-8-11(7-16-17)18-13-12(6-14)10(3)4-5-15-13/h4-5,7-9H,6,14H2,1-3H3. The number of aromatic nitrogens is 3. The Bertz CT molecular complexity index is 534. The van der Waals surface area contributed by atoms with Crippen LogP contribution in [0.2, 0.25) is 0 Å². The van der Waals surface area contributed by atoms with Gasteiger partial charge < -0.3 is 10.5 Å². The molecule has 2 aromatic heterocycles. The fourth-order valence-corrected chi connectivity index (χ4v) is 1.67. The summed E-state index contributed by atoms with van der Waals surface area (Å²) in [6.45, 7) is 6.53. The maximum absolute atomic E-state index is 5.74. The van der Waals surface area contributed by atoms with E-state index in [9.17, 15) is 0 Å². The van der Waals surface area contributed by atoms with Gasteiger partial charge in [-0.25, -0.2) is 4.98 Å². The summed E-state index contributed by atoms with van der Waals surface area (Å²) in [5.41, 5.74) is 7.73. The van der Waals surface area contributed by atoms with Gasteiger partial charge in [0.15, 0.2) is 5.75 Å². The Morgan fingerprint density at radius 2 is 2.22 bits per heavy atom. The number of hydrogen-bond acceptors (Lipinski definition) is 4. The summed E-state index contributed by atoms with van der Waals surface area (Å²) >= 11 is 0. The van der Waals surface area contributed by atoms with Crippen molar-refractivity contribution in [3.8, 4) is 11.6 Å². The number of aryl methyl sites for hydroxylation is 1. The Morgan fingerprint density at radius 3 is 2.83 bits per heavy atom. The van der Waals surface area contributed by atoms with E-state index in [4.69, 9.17) is 10.5 Å². The van der Waals surface area contributed by atoms with Crippen LogP contribution in [0, 0.1) is 6.92 Å². The fourth-order valence-electron chi connectivity index (χ4n) is 1.67. The Labute approximate surface area is 107 Å². The molecule has 0 unspecified atom stereocenters. The van der Waals surface area contributed by atoms with Crippen LogP contribution >= 0.6 is 0 Å². The van der Waals surface area contributed by atoms with Gasteiger partial charge in [-0.2, -0.15) is 5.10 Å². The van der Waals surface area contributed by atoms with Crippen molar-refractivity contribution in [2.24, 2.45) is 5.73 Å². The largest absolute Gasteiger partial charge is 0.435 e. The number of rotatable bonds is 4. The van der Waals surface area contributed by atoms with E-state index in [1.807, 2.05) is 23.9 Å². The number of pyridine rings is 1. The predicted molar refractivity (Wildman–Crippen MR) is 69.6 cm³/mol. The zero-order chi connectivity index (χ0) is 13.1. The first-order valence-corrected chi connectivity index (χ1v) is 5.98. The van der Waals surface area contributed by atoms with E-state index in [0.717, 1.165) is 11.1 Å². The molecular weight excluding hydrogens is 228 g/mol. The second-order valence-corrected chi connectivity index (χ2v) is 4.47. The molecular formula is C13H18N4O. The predicted octanol–water partition coefficient (Wildman–Crippen LogP) is 2.42. The molecule has 96 valence electrons. The molecule has 0 spiro atoms. The molecule has 5 heteroatoms. The highest BCUT2D eigenvalue weighted by molar-refractivity contribution is 5.35. The fraction of sp³-hybridized carbons (Fsp3) is 0.385. The molecule has 0 bridgehead atoms. The first kappa shape index (κ1) is 12.6. The lowest BCUT2D eigenvalue weighted by atomic mass is 10.1. The maximum Gasteiger partial charge on any atom is 0.224 e. The highest BCUT2D eigenvalue weighted by Crippen LogP contribution is 2.25. The molecule has 18 heavy (non-hydrogen) atoms. The third-order valence-electron chi connectivity index (χ3n) is 2.78. The van der Waals surface area contributed by atoms with Gasteiger partial charge >= 0.3 is 0 Å². The van der Waals surface area contributed by atoms with E-state index in [0.29, 0.717) is 24.2 Å². The van der Waals surface area contributed by atoms with Crippen LogP contribution in [-0.4, -0.2) is 14.8 Å². The maximum atomic E-state index is 5.74. The topological polar surface area (TPSA) is 66.0 Å². The zero-order valence-electron chi connectivity index (χ0n) is 10.9. The van der Waals surface area contributed by atoms with Gasteiger partial charge in [-0.05, 0) is 32.4 Å². The van der Waals surface area contributed by atoms with Crippen LogP contribution in [0.15, 0.2) is 24.7 Å². The SMILES string of the molecule is Cc1ccnc(Oc2cnn(C(C)C)c2)c1CN. The van der Waals surface area contributed by atoms with Gasteiger partial charge in [0, 0.05) is 24.3 Å². The van der Waals surface area contributed by atoms with E-state index in [2.05, 4.69) is 23.9 Å². The molecule has 0 aromatic carbocycles. The van der Waals surface area contributed by atoms with E-state index >= 15 is 0 Å². The van der Waals surface area contributed by atoms with Gasteiger partial charge in [-0.15, -0.1) is 0 Å². The minimum atomic E-state index is 0.307. The van der Waals surface area contributed by atoms with Crippen molar-refractivity contribution < 1.29 is 4.74 Å². The molecule has 0 atom stereocenters. The monoisotopic (exact) mass is 246 g/mol. The van der Waals surface area contributed by atoms with Crippen molar-refractivity contribution in [3.05, 3.63) is 35.8 Å². The van der Waals surface area contributed by atoms with Gasteiger partial charge in [0.25, 0.3) is 0 Å². The molecule has 2 aromatic rings. The van der Waals surface area contributed by atoms with Crippen molar-refractivity contribution in [1.82, 2.24) is 14.8 Å². The van der Waals surface area contributed by atoms with Gasteiger partial charge in [-0.1, -0.05) is 0 Å². The number of nitrogens with two attached hydrogens (primary N) is 1. The smallest absolute Gasteiger partial charge is 0.224 e. The third kappa shape index (κ3) is 2.51. The van der Waals surface area contributed by atoms with Crippen LogP contribution in [0.4, 0.5) is 0 Å². The van der Waals surface area contributed by atoms with Gasteiger partial charge in [0.1, 0.15) is 0 Å². The lowest BCUT2D eigenvalue weighted by molar-refractivity contribution is 0.452. The lowest BCUT2D eigenvalue weighted by Crippen LogP contribution is -2.03. The highest BCUT2D eigenvalue weighted by Gasteiger charge is 2.10. The van der Waals surface area contributed by atoms with E-state index < -0.39 is 0 Å². The van der Waals surface area contributed by atoms with Crippen LogP contribution in [0.25, 0.3) is 0 Å². The molecule has 2 N–H and O–H groups in total. The summed E-state index contributed by atoms with van der Waals surface area (Å²) in [4.78, 5) is 4.22. The third-order valence-corrected chi connectivity index (χ3v) is 2.78. The van der Waals surface area contributed by atoms with Crippen LogP contribution in [0.5, 0.6) is 11.6 Å². The molecule has 0 saturated carbocycles. The molecule has 5 nitrogen and oxygen atoms in total. The van der Waals surface area contributed by atoms with Crippen molar-refractivity contribution in [2.75, 3.05) is 0 Å². The van der Waals surface area contributed by atoms with Crippen molar-refractivity contribution in [2.45, 2.75) is 33.4 Å². The summed E-state index contributed by atoms with van der Waals surface area (Å²) in [6, 6.07) is 2.23. The number of nitrogens with zero attached hydrogens (tertiary/aromatic N) is 3. The van der Waals surface area contributed by atoms with Gasteiger partial charge in [0.05, 0.1) is 12.4 Å². The van der Waals surface area contributed by atoms with Crippen molar-refractivity contribution >= 4 is 0 Å². The highest BCUT2D eigenvalue weighted by atomic mass is 16.5. The Balaban J connectivity index is 2.25. The Hall–Kier alpha value is -1.88. The molecule has 2 heterocycles. The second kappa shape index (κ2) is 5.18. The quantitative estimate of drug-likeness (QED) is 0.899. The van der Waals surface area contributed by atoms with Crippen molar-refractivity contribution in [1.29, 1.82) is 0 Å². The van der Waals surface area contributed by atoms with Crippen LogP contribution in [-0.2, 0) is 6.54 Å². The molecule has 0 fully saturated rings. The summed E-state index contributed by atoms with van der Waals surface area (Å²) in [5.74, 6) is 1.23. The summed E-state index contributed by atoms with van der Waals surface area (Å²) in [7, 11) is 0. The summed E-state index contributed by atoms with van der Waals surface area (Å²) in [6.07, 6.45) is 5.26. The second-order valence-electron chi connectivity index (χ2n) is 4.47. The van der Waals surface area contributed by atoms with Crippen LogP contribution < -0.4 is 10.5 Å². The molecule has 0 aliphatic heterocycles. The summed E-state index contributed by atoms with van der Waals surface area (Å²) < 4.78 is 7.58. The minimum Gasteiger partial charge on any atom is -0.435 e. The first-order chi connectivity index (χ1) is 8.61. The van der Waals surface area contributed by atoms with Crippen molar-refractivity contribution in [3.63, 3.8) is 0 Å². The van der Waals surface area contributed by atoms with E-state index in [1.54, 1.807) is 12.4 Å². The van der Waals surface area contributed by atoms with Crippen LogP contribution in [0.1, 0.15) is 31.0 Å². The molecule has 0 aliphatic rings. The lowest BCUT2D eigenvalue weighted by Gasteiger charge is -2.09. The average Bonchev–Trinajstić information content (AvgIpc) is 2.78.